The van der Waals surface area contributed by atoms with Crippen LogP contribution in [0.4, 0.5) is 26.3 Å². The summed E-state index contributed by atoms with van der Waals surface area (Å²) in [5.74, 6) is -4.41. The summed E-state index contributed by atoms with van der Waals surface area (Å²) in [5.41, 5.74) is 3.41. The second kappa shape index (κ2) is 36.4. The van der Waals surface area contributed by atoms with Crippen LogP contribution in [0.25, 0.3) is 0 Å². The van der Waals surface area contributed by atoms with Crippen LogP contribution < -0.4 is 16.0 Å². The number of aliphatic imine (C=N–C) groups is 3. The highest BCUT2D eigenvalue weighted by atomic mass is 79.9. The molecule has 0 bridgehead atoms. The van der Waals surface area contributed by atoms with Crippen LogP contribution in [0.1, 0.15) is 70.6 Å². The molecule has 6 aromatic rings. The Hall–Kier alpha value is -7.88. The van der Waals surface area contributed by atoms with Crippen LogP contribution in [0, 0.1) is 17.5 Å². The molecule has 4 unspecified atom stereocenters. The molecule has 3 aromatic carbocycles. The third-order valence-corrected chi connectivity index (χ3v) is 20.4. The Morgan fingerprint density at radius 1 is 0.519 bits per heavy atom. The van der Waals surface area contributed by atoms with E-state index in [0.29, 0.717) is 75.3 Å². The fraction of sp³-hybridized carbons (Fsp3) is 0.388. The molecule has 0 aliphatic carbocycles. The molecule has 0 radical (unpaired) electrons. The van der Waals surface area contributed by atoms with E-state index >= 15 is 0 Å². The van der Waals surface area contributed by atoms with Crippen molar-refractivity contribution >= 4 is 125 Å². The monoisotopic (exact) mass is 1650 g/mol. The largest absolute Gasteiger partial charge is 0.480 e. The molecular formula is C67H67Br2ClF6N12O13S3. The van der Waals surface area contributed by atoms with E-state index in [1.165, 1.54) is 70.4 Å². The topological polar surface area (TPSA) is 314 Å². The summed E-state index contributed by atoms with van der Waals surface area (Å²) in [6, 6.07) is 9.51. The van der Waals surface area contributed by atoms with Gasteiger partial charge in [0.15, 0.2) is 32.5 Å². The number of aliphatic hydroxyl groups excluding tert-OH is 1. The molecule has 25 nitrogen and oxygen atoms in total. The van der Waals surface area contributed by atoms with E-state index in [9.17, 15) is 55.4 Å². The number of rotatable bonds is 24. The number of carbonyl (C=O) groups excluding carboxylic acids is 3. The summed E-state index contributed by atoms with van der Waals surface area (Å²) in [7, 11) is 0. The molecule has 9 heterocycles. The third-order valence-electron chi connectivity index (χ3n) is 16.4. The van der Waals surface area contributed by atoms with Crippen LogP contribution in [0.5, 0.6) is 0 Å². The van der Waals surface area contributed by atoms with Crippen molar-refractivity contribution in [2.45, 2.75) is 75.7 Å². The quantitative estimate of drug-likeness (QED) is 0.0187. The van der Waals surface area contributed by atoms with Gasteiger partial charge in [0.05, 0.1) is 42.6 Å². The number of carboxylic acid groups (broad SMARTS) is 2. The Morgan fingerprint density at radius 2 is 0.856 bits per heavy atom. The van der Waals surface area contributed by atoms with Gasteiger partial charge >= 0.3 is 29.8 Å². The molecule has 0 saturated carbocycles. The molecule has 6 N–H and O–H groups in total. The first kappa shape index (κ1) is 78.7. The number of β-amino-alcohol motifs (C(OH)–C–C–N with tert-alkyl or cyclic N) is 1. The summed E-state index contributed by atoms with van der Waals surface area (Å²) in [6.07, 6.45) is -2.22. The number of esters is 3. The van der Waals surface area contributed by atoms with Gasteiger partial charge in [0.2, 0.25) is 0 Å². The molecule has 554 valence electrons. The number of amidine groups is 3. The van der Waals surface area contributed by atoms with Crippen LogP contribution in [0.15, 0.2) is 147 Å². The smallest absolute Gasteiger partial charge is 0.338 e. The molecule has 3 aromatic heterocycles. The molecule has 6 aliphatic rings. The second-order valence-electron chi connectivity index (χ2n) is 23.5. The predicted molar refractivity (Wildman–Crippen MR) is 379 cm³/mol. The second-order valence-corrected chi connectivity index (χ2v) is 28.3. The van der Waals surface area contributed by atoms with Gasteiger partial charge in [0.1, 0.15) is 79.5 Å². The van der Waals surface area contributed by atoms with Crippen molar-refractivity contribution in [3.8, 4) is 0 Å². The van der Waals surface area contributed by atoms with Crippen LogP contribution in [0.3, 0.4) is 0 Å². The number of aliphatic carboxylic acids is 2. The maximum Gasteiger partial charge on any atom is 0.338 e. The Labute approximate surface area is 624 Å². The number of nitrogens with zero attached hydrogens (tertiary/aromatic N) is 9. The minimum Gasteiger partial charge on any atom is -0.480 e. The molecular weight excluding hydrogens is 1590 g/mol. The zero-order valence-electron chi connectivity index (χ0n) is 55.3. The number of thiazole rings is 3. The summed E-state index contributed by atoms with van der Waals surface area (Å²) in [5, 5.41) is 44.2. The standard InChI is InChI=1S/C23H23BrF2N4O5S.C23H23ClF2N4O5S.C21H21BrF2N4O3S/c2*1-2-34-23(33)19-16(9-30-8-15(26)17(10-30)35-11-18(31)32)28-21(22-27-5-6-36-22)29-20(19)13-4-3-12(25)7-14(13)24;1-2-31-21(30)17-15(9-28-8-14(24)16(29)10-28)26-19(20-25-5-6-32-20)27-18(17)12-4-3-11(23)7-13(12)22/h2*3-7,15,17,20H,2,8-11H2,1H3,(H,28,29)(H,31,32);3-7,14,16,18,29H,2,8-10H2,1H3,(H,26,27)/t15?,17?,20-;15-,17-,20+;14?,16?,18-/m010/s1. The van der Waals surface area contributed by atoms with E-state index in [2.05, 4.69) is 67.8 Å². The zero-order chi connectivity index (χ0) is 74.5. The Morgan fingerprint density at radius 3 is 1.16 bits per heavy atom. The lowest BCUT2D eigenvalue weighted by Crippen LogP contribution is -2.39. The Kier molecular flexibility index (Phi) is 27.6. The van der Waals surface area contributed by atoms with Gasteiger partial charge in [-0.15, -0.1) is 34.0 Å². The van der Waals surface area contributed by atoms with Crippen molar-refractivity contribution in [2.24, 2.45) is 15.0 Å². The van der Waals surface area contributed by atoms with E-state index in [4.69, 9.17) is 55.5 Å². The summed E-state index contributed by atoms with van der Waals surface area (Å²) >= 11 is 17.2. The lowest BCUT2D eigenvalue weighted by molar-refractivity contribution is -0.145. The van der Waals surface area contributed by atoms with Crippen LogP contribution in [0.2, 0.25) is 5.02 Å². The number of nitrogens with one attached hydrogen (secondary N) is 3. The number of likely N-dealkylation sites (tertiary alicyclic amines) is 3. The van der Waals surface area contributed by atoms with Crippen molar-refractivity contribution in [2.75, 3.05) is 91.9 Å². The minimum atomic E-state index is -1.41. The maximum absolute atomic E-state index is 14.6. The number of hydrogen-bond donors (Lipinski definition) is 6. The first-order chi connectivity index (χ1) is 49.9. The van der Waals surface area contributed by atoms with Gasteiger partial charge in [-0.25, -0.2) is 65.3 Å². The van der Waals surface area contributed by atoms with Crippen molar-refractivity contribution in [3.05, 3.63) is 186 Å². The number of ether oxygens (including phenoxy) is 5. The molecule has 37 heteroatoms. The zero-order valence-corrected chi connectivity index (χ0v) is 61.7. The highest BCUT2D eigenvalue weighted by Crippen LogP contribution is 2.41. The molecule has 104 heavy (non-hydrogen) atoms. The number of carbonyl (C=O) groups is 5. The van der Waals surface area contributed by atoms with E-state index in [0.717, 1.165) is 6.07 Å². The van der Waals surface area contributed by atoms with Crippen molar-refractivity contribution in [1.82, 2.24) is 45.6 Å². The molecule has 3 fully saturated rings. The van der Waals surface area contributed by atoms with Crippen molar-refractivity contribution in [1.29, 1.82) is 0 Å². The van der Waals surface area contributed by atoms with Gasteiger partial charge in [-0.1, -0.05) is 61.7 Å². The molecule has 6 aliphatic heterocycles. The van der Waals surface area contributed by atoms with E-state index in [-0.39, 0.29) is 100 Å². The summed E-state index contributed by atoms with van der Waals surface area (Å²) in [4.78, 5) is 93.2. The number of hydrogen-bond acceptors (Lipinski definition) is 26. The highest BCUT2D eigenvalue weighted by molar-refractivity contribution is 9.10. The highest BCUT2D eigenvalue weighted by Gasteiger charge is 2.43. The van der Waals surface area contributed by atoms with E-state index in [1.807, 2.05) is 0 Å². The molecule has 0 spiro atoms. The molecule has 9 atom stereocenters. The Bertz CT molecular complexity index is 4110. The van der Waals surface area contributed by atoms with Crippen LogP contribution >= 0.6 is 77.5 Å². The Balaban J connectivity index is 0.000000168. The number of benzene rings is 3. The number of aromatic nitrogens is 3. The SMILES string of the molecule is CCOC(=O)C1=C(CN2CC(F)C(OCC(=O)O)C2)NC(c2nccs2)=N[C@H]1c1ccc(F)cc1Br.CCOC(=O)C1=C(CN2CC(O)C(F)C2)NC(c2nccs2)=N[C@H]1c1ccc(F)cc1Br.CCOC(=O)C1=C(CN2C[C@@H](F)[C@H](OCC(=O)O)C2)NC(c2nccs2)=N[C@H]1c1ccc(F)cc1Cl. The van der Waals surface area contributed by atoms with E-state index in [1.54, 1.807) is 82.3 Å². The molecule has 0 amide bonds. The van der Waals surface area contributed by atoms with Gasteiger partial charge in [0, 0.05) is 130 Å². The number of halogens is 9. The fourth-order valence-electron chi connectivity index (χ4n) is 11.9. The van der Waals surface area contributed by atoms with Crippen molar-refractivity contribution < 1.29 is 89.3 Å². The van der Waals surface area contributed by atoms with Gasteiger partial charge in [-0.2, -0.15) is 0 Å². The van der Waals surface area contributed by atoms with Gasteiger partial charge in [-0.05, 0) is 68.3 Å². The number of carboxylic acids is 2. The van der Waals surface area contributed by atoms with E-state index < -0.39 is 115 Å². The molecule has 3 saturated heterocycles. The van der Waals surface area contributed by atoms with Gasteiger partial charge < -0.3 is 55.0 Å². The van der Waals surface area contributed by atoms with Gasteiger partial charge in [-0.3, -0.25) is 29.7 Å². The fourth-order valence-corrected chi connectivity index (χ4v) is 15.0. The summed E-state index contributed by atoms with van der Waals surface area (Å²) < 4.78 is 112. The lowest BCUT2D eigenvalue weighted by Gasteiger charge is -2.29. The average molecular weight is 1650 g/mol. The van der Waals surface area contributed by atoms with Crippen LogP contribution in [-0.2, 0) is 47.7 Å². The number of aliphatic hydroxyl groups is 1. The predicted octanol–water partition coefficient (Wildman–Crippen LogP) is 9.01. The lowest BCUT2D eigenvalue weighted by atomic mass is 9.95. The first-order valence-electron chi connectivity index (χ1n) is 32.1. The van der Waals surface area contributed by atoms with Crippen molar-refractivity contribution in [3.63, 3.8) is 0 Å². The number of alkyl halides is 3. The first-order valence-corrected chi connectivity index (χ1v) is 36.7. The maximum atomic E-state index is 14.6. The normalized spacial score (nSPS) is 22.8. The summed E-state index contributed by atoms with van der Waals surface area (Å²) in [6.45, 7) is 4.95. The minimum absolute atomic E-state index is 0.0137. The average Bonchev–Trinajstić information content (AvgIpc) is 1.26. The third kappa shape index (κ3) is 19.8. The molecule has 12 rings (SSSR count). The van der Waals surface area contributed by atoms with Gasteiger partial charge in [0.25, 0.3) is 0 Å². The van der Waals surface area contributed by atoms with Crippen LogP contribution in [-0.4, -0.2) is 221 Å².